The van der Waals surface area contributed by atoms with Crippen molar-refractivity contribution in [1.82, 2.24) is 0 Å². The molecule has 0 heterocycles. The Labute approximate surface area is 89.9 Å². The Morgan fingerprint density at radius 1 is 1.47 bits per heavy atom. The summed E-state index contributed by atoms with van der Waals surface area (Å²) in [7, 11) is 1.58. The number of rotatable bonds is 3. The molecule has 0 aromatic heterocycles. The second kappa shape index (κ2) is 3.74. The fraction of sp³-hybridized carbons (Fsp3) is 0.500. The Morgan fingerprint density at radius 3 is 2.67 bits per heavy atom. The quantitative estimate of drug-likeness (QED) is 0.794. The molecule has 0 bridgehead atoms. The molecule has 0 unspecified atom stereocenters. The first kappa shape index (κ1) is 10.3. The van der Waals surface area contributed by atoms with Crippen molar-refractivity contribution in [3.05, 3.63) is 23.8 Å². The third kappa shape index (κ3) is 1.47. The fourth-order valence-corrected chi connectivity index (χ4v) is 2.34. The molecular formula is C12H17NO2. The normalized spacial score (nSPS) is 18.3. The highest BCUT2D eigenvalue weighted by Crippen LogP contribution is 2.48. The van der Waals surface area contributed by atoms with Crippen LogP contribution in [-0.2, 0) is 5.41 Å². The second-order valence-electron chi connectivity index (χ2n) is 4.20. The van der Waals surface area contributed by atoms with Crippen LogP contribution < -0.4 is 10.5 Å². The van der Waals surface area contributed by atoms with Gasteiger partial charge in [0.2, 0.25) is 0 Å². The van der Waals surface area contributed by atoms with E-state index in [4.69, 9.17) is 10.5 Å². The lowest BCUT2D eigenvalue weighted by Crippen LogP contribution is -2.41. The first-order valence-corrected chi connectivity index (χ1v) is 5.30. The minimum atomic E-state index is 0.0318. The van der Waals surface area contributed by atoms with Crippen LogP contribution in [0.3, 0.4) is 0 Å². The highest BCUT2D eigenvalue weighted by molar-refractivity contribution is 5.50. The van der Waals surface area contributed by atoms with Gasteiger partial charge in [-0.05, 0) is 18.9 Å². The molecule has 82 valence electrons. The predicted molar refractivity (Wildman–Crippen MR) is 59.2 cm³/mol. The summed E-state index contributed by atoms with van der Waals surface area (Å²) in [4.78, 5) is 0. The van der Waals surface area contributed by atoms with Gasteiger partial charge in [0, 0.05) is 17.5 Å². The second-order valence-corrected chi connectivity index (χ2v) is 4.20. The summed E-state index contributed by atoms with van der Waals surface area (Å²) >= 11 is 0. The van der Waals surface area contributed by atoms with Crippen molar-refractivity contribution in [3.8, 4) is 11.5 Å². The van der Waals surface area contributed by atoms with E-state index in [1.165, 1.54) is 6.42 Å². The molecule has 0 spiro atoms. The number of nitrogens with two attached hydrogens (primary N) is 1. The highest BCUT2D eigenvalue weighted by Gasteiger charge is 2.39. The van der Waals surface area contributed by atoms with Gasteiger partial charge < -0.3 is 15.6 Å². The van der Waals surface area contributed by atoms with E-state index in [0.29, 0.717) is 12.3 Å². The maximum absolute atomic E-state index is 9.70. The Bertz CT molecular complexity index is 353. The van der Waals surface area contributed by atoms with Crippen molar-refractivity contribution in [2.24, 2.45) is 5.73 Å². The van der Waals surface area contributed by atoms with E-state index in [1.807, 2.05) is 12.1 Å². The number of para-hydroxylation sites is 1. The molecule has 0 amide bonds. The Morgan fingerprint density at radius 2 is 2.20 bits per heavy atom. The molecule has 1 saturated carbocycles. The van der Waals surface area contributed by atoms with E-state index in [-0.39, 0.29) is 11.2 Å². The lowest BCUT2D eigenvalue weighted by molar-refractivity contribution is 0.240. The van der Waals surface area contributed by atoms with Gasteiger partial charge in [-0.3, -0.25) is 0 Å². The van der Waals surface area contributed by atoms with Crippen LogP contribution in [0, 0.1) is 0 Å². The zero-order valence-electron chi connectivity index (χ0n) is 8.99. The molecule has 1 aliphatic carbocycles. The van der Waals surface area contributed by atoms with Crippen molar-refractivity contribution >= 4 is 0 Å². The monoisotopic (exact) mass is 207 g/mol. The first-order valence-electron chi connectivity index (χ1n) is 5.30. The molecule has 0 radical (unpaired) electrons. The summed E-state index contributed by atoms with van der Waals surface area (Å²) in [6.45, 7) is 0.618. The molecule has 1 fully saturated rings. The molecular weight excluding hydrogens is 190 g/mol. The summed E-state index contributed by atoms with van der Waals surface area (Å²) in [6.07, 6.45) is 3.38. The summed E-state index contributed by atoms with van der Waals surface area (Å²) < 4.78 is 5.25. The van der Waals surface area contributed by atoms with Crippen LogP contribution in [0.4, 0.5) is 0 Å². The van der Waals surface area contributed by atoms with E-state index >= 15 is 0 Å². The van der Waals surface area contributed by atoms with Crippen molar-refractivity contribution < 1.29 is 9.84 Å². The van der Waals surface area contributed by atoms with Crippen LogP contribution in [-0.4, -0.2) is 18.8 Å². The zero-order chi connectivity index (χ0) is 10.9. The minimum Gasteiger partial charge on any atom is -0.504 e. The molecule has 1 aromatic carbocycles. The lowest BCUT2D eigenvalue weighted by Gasteiger charge is -2.42. The number of phenols is 1. The van der Waals surface area contributed by atoms with Crippen molar-refractivity contribution in [2.45, 2.75) is 24.7 Å². The SMILES string of the molecule is COc1c(O)cccc1C1(CN)CCC1. The van der Waals surface area contributed by atoms with E-state index < -0.39 is 0 Å². The number of hydrogen-bond acceptors (Lipinski definition) is 3. The lowest BCUT2D eigenvalue weighted by atomic mass is 9.64. The van der Waals surface area contributed by atoms with Gasteiger partial charge in [0.15, 0.2) is 11.5 Å². The predicted octanol–water partition coefficient (Wildman–Crippen LogP) is 1.78. The maximum atomic E-state index is 9.70. The van der Waals surface area contributed by atoms with Crippen molar-refractivity contribution in [1.29, 1.82) is 0 Å². The maximum Gasteiger partial charge on any atom is 0.164 e. The van der Waals surface area contributed by atoms with Gasteiger partial charge in [0.1, 0.15) is 0 Å². The van der Waals surface area contributed by atoms with Crippen LogP contribution in [0.25, 0.3) is 0 Å². The fourth-order valence-electron chi connectivity index (χ4n) is 2.34. The molecule has 0 saturated heterocycles. The molecule has 3 heteroatoms. The average Bonchev–Trinajstić information content (AvgIpc) is 2.17. The van der Waals surface area contributed by atoms with Crippen LogP contribution in [0.15, 0.2) is 18.2 Å². The highest BCUT2D eigenvalue weighted by atomic mass is 16.5. The van der Waals surface area contributed by atoms with Crippen molar-refractivity contribution in [2.75, 3.05) is 13.7 Å². The molecule has 1 aromatic rings. The van der Waals surface area contributed by atoms with Gasteiger partial charge in [0.25, 0.3) is 0 Å². The molecule has 3 N–H and O–H groups in total. The molecule has 1 aliphatic rings. The molecule has 15 heavy (non-hydrogen) atoms. The smallest absolute Gasteiger partial charge is 0.164 e. The Kier molecular flexibility index (Phi) is 2.57. The number of phenolic OH excluding ortho intramolecular Hbond substituents is 1. The van der Waals surface area contributed by atoms with Gasteiger partial charge in [-0.15, -0.1) is 0 Å². The van der Waals surface area contributed by atoms with E-state index in [0.717, 1.165) is 18.4 Å². The zero-order valence-corrected chi connectivity index (χ0v) is 8.99. The average molecular weight is 207 g/mol. The van der Waals surface area contributed by atoms with Gasteiger partial charge in [-0.2, -0.15) is 0 Å². The van der Waals surface area contributed by atoms with Crippen LogP contribution >= 0.6 is 0 Å². The standard InChI is InChI=1S/C12H17NO2/c1-15-11-9(4-2-5-10(11)14)12(8-13)6-3-7-12/h2,4-5,14H,3,6-8,13H2,1H3. The van der Waals surface area contributed by atoms with E-state index in [9.17, 15) is 5.11 Å². The van der Waals surface area contributed by atoms with Gasteiger partial charge in [0.05, 0.1) is 7.11 Å². The first-order chi connectivity index (χ1) is 7.23. The molecule has 3 nitrogen and oxygen atoms in total. The summed E-state index contributed by atoms with van der Waals surface area (Å²) in [5, 5.41) is 9.70. The summed E-state index contributed by atoms with van der Waals surface area (Å²) in [5.41, 5.74) is 6.92. The van der Waals surface area contributed by atoms with Crippen LogP contribution in [0.5, 0.6) is 11.5 Å². The Balaban J connectivity index is 2.46. The number of aromatic hydroxyl groups is 1. The third-order valence-corrected chi connectivity index (χ3v) is 3.47. The summed E-state index contributed by atoms with van der Waals surface area (Å²) in [6, 6.07) is 5.50. The number of methoxy groups -OCH3 is 1. The van der Waals surface area contributed by atoms with Gasteiger partial charge in [-0.25, -0.2) is 0 Å². The minimum absolute atomic E-state index is 0.0318. The Hall–Kier alpha value is -1.22. The third-order valence-electron chi connectivity index (χ3n) is 3.47. The number of benzene rings is 1. The molecule has 0 aliphatic heterocycles. The van der Waals surface area contributed by atoms with Gasteiger partial charge >= 0.3 is 0 Å². The molecule has 0 atom stereocenters. The van der Waals surface area contributed by atoms with E-state index in [1.54, 1.807) is 13.2 Å². The largest absolute Gasteiger partial charge is 0.504 e. The van der Waals surface area contributed by atoms with E-state index in [2.05, 4.69) is 0 Å². The summed E-state index contributed by atoms with van der Waals surface area (Å²) in [5.74, 6) is 0.789. The van der Waals surface area contributed by atoms with Crippen molar-refractivity contribution in [3.63, 3.8) is 0 Å². The molecule has 2 rings (SSSR count). The van der Waals surface area contributed by atoms with Gasteiger partial charge in [-0.1, -0.05) is 18.6 Å². The van der Waals surface area contributed by atoms with Crippen LogP contribution in [0.2, 0.25) is 0 Å². The topological polar surface area (TPSA) is 55.5 Å². The number of hydrogen-bond donors (Lipinski definition) is 2. The number of ether oxygens (including phenoxy) is 1. The van der Waals surface area contributed by atoms with Crippen LogP contribution in [0.1, 0.15) is 24.8 Å².